The van der Waals surface area contributed by atoms with Gasteiger partial charge in [0.15, 0.2) is 5.65 Å². The van der Waals surface area contributed by atoms with Gasteiger partial charge < -0.3 is 4.90 Å². The van der Waals surface area contributed by atoms with Gasteiger partial charge in [0.05, 0.1) is 0 Å². The Kier molecular flexibility index (Phi) is 3.74. The number of carbonyl (C=O) groups excluding carboxylic acids is 1. The van der Waals surface area contributed by atoms with Crippen molar-refractivity contribution in [1.82, 2.24) is 19.1 Å². The molecule has 0 aliphatic carbocycles. The molecule has 6 nitrogen and oxygen atoms in total. The van der Waals surface area contributed by atoms with Crippen molar-refractivity contribution in [3.05, 3.63) is 70.8 Å². The second kappa shape index (κ2) is 5.85. The Morgan fingerprint density at radius 3 is 2.59 bits per heavy atom. The Balaban J connectivity index is 1.75. The molecule has 0 unspecified atom stereocenters. The molecule has 0 bridgehead atoms. The zero-order valence-corrected chi connectivity index (χ0v) is 12.2. The Morgan fingerprint density at radius 1 is 1.14 bits per heavy atom. The van der Waals surface area contributed by atoms with Crippen molar-refractivity contribution >= 4 is 11.6 Å². The minimum absolute atomic E-state index is 0.0656. The smallest absolute Gasteiger partial charge is 0.340 e. The lowest BCUT2D eigenvalue weighted by molar-refractivity contribution is -0.131. The molecule has 0 aliphatic rings. The van der Waals surface area contributed by atoms with Gasteiger partial charge in [-0.2, -0.15) is 0 Å². The number of pyridine rings is 1. The summed E-state index contributed by atoms with van der Waals surface area (Å²) in [5.41, 5.74) is 1.27. The number of aromatic nitrogens is 3. The van der Waals surface area contributed by atoms with Gasteiger partial charge in [0, 0.05) is 19.8 Å². The molecule has 2 heterocycles. The average Bonchev–Trinajstić information content (AvgIpc) is 2.85. The molecule has 0 fully saturated rings. The highest BCUT2D eigenvalue weighted by atomic mass is 16.2. The Bertz CT molecular complexity index is 851. The average molecular weight is 296 g/mol. The molecule has 0 N–H and O–H groups in total. The minimum atomic E-state index is -0.308. The number of nitrogens with zero attached hydrogens (tertiary/aromatic N) is 4. The number of rotatable bonds is 4. The first-order valence-electron chi connectivity index (χ1n) is 6.97. The lowest BCUT2D eigenvalue weighted by atomic mass is 10.2. The van der Waals surface area contributed by atoms with Crippen LogP contribution in [0.1, 0.15) is 5.56 Å². The highest BCUT2D eigenvalue weighted by Crippen LogP contribution is 2.03. The largest absolute Gasteiger partial charge is 0.350 e. The van der Waals surface area contributed by atoms with Crippen LogP contribution in [-0.4, -0.2) is 32.0 Å². The van der Waals surface area contributed by atoms with E-state index >= 15 is 0 Å². The molecule has 1 amide bonds. The summed E-state index contributed by atoms with van der Waals surface area (Å²) >= 11 is 0. The molecule has 0 radical (unpaired) electrons. The molecule has 3 aromatic rings. The van der Waals surface area contributed by atoms with Crippen LogP contribution in [0.5, 0.6) is 0 Å². The summed E-state index contributed by atoms with van der Waals surface area (Å²) < 4.78 is 2.61. The predicted molar refractivity (Wildman–Crippen MR) is 82.4 cm³/mol. The van der Waals surface area contributed by atoms with Crippen LogP contribution in [0.25, 0.3) is 5.65 Å². The molecule has 22 heavy (non-hydrogen) atoms. The van der Waals surface area contributed by atoms with Crippen LogP contribution < -0.4 is 5.69 Å². The summed E-state index contributed by atoms with van der Waals surface area (Å²) in [6.07, 6.45) is 1.64. The number of hydrogen-bond acceptors (Lipinski definition) is 3. The summed E-state index contributed by atoms with van der Waals surface area (Å²) in [6.45, 7) is 0.436. The lowest BCUT2D eigenvalue weighted by Gasteiger charge is -2.16. The van der Waals surface area contributed by atoms with E-state index in [1.165, 1.54) is 9.08 Å². The Hall–Kier alpha value is -2.89. The van der Waals surface area contributed by atoms with Crippen molar-refractivity contribution in [3.8, 4) is 0 Å². The second-order valence-corrected chi connectivity index (χ2v) is 5.10. The van der Waals surface area contributed by atoms with Gasteiger partial charge in [0.25, 0.3) is 0 Å². The monoisotopic (exact) mass is 296 g/mol. The van der Waals surface area contributed by atoms with Crippen molar-refractivity contribution in [2.24, 2.45) is 0 Å². The highest BCUT2D eigenvalue weighted by molar-refractivity contribution is 5.75. The van der Waals surface area contributed by atoms with Crippen molar-refractivity contribution < 1.29 is 4.79 Å². The lowest BCUT2D eigenvalue weighted by Crippen LogP contribution is -2.33. The third kappa shape index (κ3) is 2.76. The van der Waals surface area contributed by atoms with Crippen molar-refractivity contribution in [2.45, 2.75) is 13.1 Å². The molecule has 0 saturated carbocycles. The van der Waals surface area contributed by atoms with E-state index in [4.69, 9.17) is 0 Å². The van der Waals surface area contributed by atoms with Gasteiger partial charge in [-0.3, -0.25) is 9.20 Å². The van der Waals surface area contributed by atoms with E-state index in [2.05, 4.69) is 5.10 Å². The normalized spacial score (nSPS) is 10.8. The summed E-state index contributed by atoms with van der Waals surface area (Å²) in [5, 5.41) is 4.16. The number of amides is 1. The third-order valence-electron chi connectivity index (χ3n) is 3.46. The maximum absolute atomic E-state index is 12.3. The summed E-state index contributed by atoms with van der Waals surface area (Å²) in [6, 6.07) is 15.0. The molecule has 6 heteroatoms. The van der Waals surface area contributed by atoms with E-state index in [0.717, 1.165) is 5.56 Å². The van der Waals surface area contributed by atoms with Gasteiger partial charge in [0.2, 0.25) is 5.91 Å². The van der Waals surface area contributed by atoms with Crippen LogP contribution in [0.3, 0.4) is 0 Å². The molecule has 0 spiro atoms. The van der Waals surface area contributed by atoms with E-state index in [1.54, 1.807) is 36.3 Å². The maximum atomic E-state index is 12.3. The Labute approximate surface area is 127 Å². The fourth-order valence-electron chi connectivity index (χ4n) is 2.27. The number of carbonyl (C=O) groups is 1. The standard InChI is InChI=1S/C16H16N4O2/c1-18(11-13-7-3-2-4-8-13)15(21)12-20-16(22)19-10-6-5-9-14(19)17-20/h2-10H,11-12H2,1H3. The van der Waals surface area contributed by atoms with Gasteiger partial charge in [0.1, 0.15) is 6.54 Å². The van der Waals surface area contributed by atoms with Gasteiger partial charge in [-0.1, -0.05) is 36.4 Å². The quantitative estimate of drug-likeness (QED) is 0.726. The van der Waals surface area contributed by atoms with Crippen LogP contribution in [0, 0.1) is 0 Å². The number of likely N-dealkylation sites (N-methyl/N-ethyl adjacent to an activating group) is 1. The molecule has 0 atom stereocenters. The molecule has 112 valence electrons. The SMILES string of the molecule is CN(Cc1ccccc1)C(=O)Cn1nc2ccccn2c1=O. The molecule has 2 aromatic heterocycles. The van der Waals surface area contributed by atoms with Crippen LogP contribution in [0.4, 0.5) is 0 Å². The third-order valence-corrected chi connectivity index (χ3v) is 3.46. The van der Waals surface area contributed by atoms with E-state index in [-0.39, 0.29) is 18.1 Å². The number of hydrogen-bond donors (Lipinski definition) is 0. The van der Waals surface area contributed by atoms with E-state index in [9.17, 15) is 9.59 Å². The molecule has 0 aliphatic heterocycles. The first kappa shape index (κ1) is 14.1. The molecular formula is C16H16N4O2. The fraction of sp³-hybridized carbons (Fsp3) is 0.188. The summed E-state index contributed by atoms with van der Waals surface area (Å²) in [4.78, 5) is 26.0. The summed E-state index contributed by atoms with van der Waals surface area (Å²) in [7, 11) is 1.72. The molecule has 3 rings (SSSR count). The van der Waals surface area contributed by atoms with Crippen molar-refractivity contribution in [2.75, 3.05) is 7.05 Å². The predicted octanol–water partition coefficient (Wildman–Crippen LogP) is 1.15. The van der Waals surface area contributed by atoms with Crippen LogP contribution in [0.2, 0.25) is 0 Å². The molecule has 1 aromatic carbocycles. The van der Waals surface area contributed by atoms with Crippen LogP contribution in [0.15, 0.2) is 59.5 Å². The first-order chi connectivity index (χ1) is 10.6. The van der Waals surface area contributed by atoms with Gasteiger partial charge >= 0.3 is 5.69 Å². The number of benzene rings is 1. The van der Waals surface area contributed by atoms with E-state index in [0.29, 0.717) is 12.2 Å². The van der Waals surface area contributed by atoms with E-state index < -0.39 is 0 Å². The van der Waals surface area contributed by atoms with Crippen LogP contribution >= 0.6 is 0 Å². The Morgan fingerprint density at radius 2 is 1.86 bits per heavy atom. The van der Waals surface area contributed by atoms with Crippen LogP contribution in [-0.2, 0) is 17.9 Å². The zero-order chi connectivity index (χ0) is 15.5. The molecule has 0 saturated heterocycles. The first-order valence-corrected chi connectivity index (χ1v) is 6.97. The van der Waals surface area contributed by atoms with Gasteiger partial charge in [-0.15, -0.1) is 5.10 Å². The van der Waals surface area contributed by atoms with E-state index in [1.807, 2.05) is 30.3 Å². The summed E-state index contributed by atoms with van der Waals surface area (Å²) in [5.74, 6) is -0.158. The van der Waals surface area contributed by atoms with Crippen molar-refractivity contribution in [1.29, 1.82) is 0 Å². The number of fused-ring (bicyclic) bond motifs is 1. The van der Waals surface area contributed by atoms with Gasteiger partial charge in [-0.25, -0.2) is 9.48 Å². The van der Waals surface area contributed by atoms with Crippen molar-refractivity contribution in [3.63, 3.8) is 0 Å². The second-order valence-electron chi connectivity index (χ2n) is 5.10. The zero-order valence-electron chi connectivity index (χ0n) is 12.2. The van der Waals surface area contributed by atoms with Gasteiger partial charge in [-0.05, 0) is 17.7 Å². The topological polar surface area (TPSA) is 59.6 Å². The highest BCUT2D eigenvalue weighted by Gasteiger charge is 2.14. The molecular weight excluding hydrogens is 280 g/mol. The fourth-order valence-corrected chi connectivity index (χ4v) is 2.27. The minimum Gasteiger partial charge on any atom is -0.340 e. The maximum Gasteiger partial charge on any atom is 0.350 e.